The molecule has 4 rings (SSSR count). The number of methoxy groups -OCH3 is 1. The lowest BCUT2D eigenvalue weighted by atomic mass is 10.1. The van der Waals surface area contributed by atoms with Gasteiger partial charge in [0.25, 0.3) is 0 Å². The van der Waals surface area contributed by atoms with Crippen molar-refractivity contribution >= 4 is 19.9 Å². The van der Waals surface area contributed by atoms with Gasteiger partial charge in [0, 0.05) is 0 Å². The van der Waals surface area contributed by atoms with Crippen LogP contribution in [0.2, 0.25) is 0 Å². The van der Waals surface area contributed by atoms with Crippen LogP contribution in [0.5, 0.6) is 5.75 Å². The number of nitrogens with one attached hydrogen (secondary N) is 1. The third-order valence-corrected chi connectivity index (χ3v) is 9.01. The molecule has 12 heteroatoms. The first-order valence-corrected chi connectivity index (χ1v) is 13.2. The van der Waals surface area contributed by atoms with Gasteiger partial charge in [-0.1, -0.05) is 24.3 Å². The first kappa shape index (κ1) is 25.2. The van der Waals surface area contributed by atoms with Crippen LogP contribution < -0.4 is 9.46 Å². The summed E-state index contributed by atoms with van der Waals surface area (Å²) in [5.41, 5.74) is -0.542. The predicted molar refractivity (Wildman–Crippen MR) is 119 cm³/mol. The first-order chi connectivity index (χ1) is 16.3. The lowest BCUT2D eigenvalue weighted by Gasteiger charge is -2.20. The fourth-order valence-electron chi connectivity index (χ4n) is 3.96. The Hall–Kier alpha value is -2.93. The van der Waals surface area contributed by atoms with E-state index in [2.05, 4.69) is 4.72 Å². The van der Waals surface area contributed by atoms with Crippen LogP contribution in [-0.4, -0.2) is 35.1 Å². The number of aliphatic hydroxyl groups is 1. The minimum absolute atomic E-state index is 0.0169. The monoisotopic (exact) mass is 527 g/mol. The molecule has 7 nitrogen and oxygen atoms in total. The van der Waals surface area contributed by atoms with Crippen LogP contribution in [0.4, 0.5) is 13.2 Å². The second-order valence-corrected chi connectivity index (χ2v) is 11.5. The summed E-state index contributed by atoms with van der Waals surface area (Å²) >= 11 is 0. The summed E-state index contributed by atoms with van der Waals surface area (Å²) in [6.45, 7) is 0. The van der Waals surface area contributed by atoms with Crippen molar-refractivity contribution in [3.8, 4) is 5.75 Å². The molecule has 0 fully saturated rings. The normalized spacial score (nSPS) is 18.3. The predicted octanol–water partition coefficient (Wildman–Crippen LogP) is 3.48. The minimum atomic E-state index is -5.08. The van der Waals surface area contributed by atoms with Crippen molar-refractivity contribution in [1.82, 2.24) is 4.72 Å². The summed E-state index contributed by atoms with van der Waals surface area (Å²) in [5, 5.41) is 10.6. The van der Waals surface area contributed by atoms with Gasteiger partial charge in [-0.05, 0) is 60.0 Å². The van der Waals surface area contributed by atoms with Gasteiger partial charge >= 0.3 is 6.18 Å². The highest BCUT2D eigenvalue weighted by Crippen LogP contribution is 2.38. The molecule has 35 heavy (non-hydrogen) atoms. The number of hydrogen-bond donors (Lipinski definition) is 2. The van der Waals surface area contributed by atoms with Crippen molar-refractivity contribution in [3.63, 3.8) is 0 Å². The Morgan fingerprint density at radius 3 is 2.26 bits per heavy atom. The number of ether oxygens (including phenoxy) is 1. The minimum Gasteiger partial charge on any atom is -0.497 e. The molecule has 2 N–H and O–H groups in total. The van der Waals surface area contributed by atoms with Crippen molar-refractivity contribution in [1.29, 1.82) is 0 Å². The quantitative estimate of drug-likeness (QED) is 0.508. The number of sulfone groups is 1. The van der Waals surface area contributed by atoms with Gasteiger partial charge in [0.05, 0.1) is 39.5 Å². The molecule has 3 aromatic carbocycles. The zero-order valence-corrected chi connectivity index (χ0v) is 19.8. The number of aliphatic hydroxyl groups excluding tert-OH is 1. The van der Waals surface area contributed by atoms with Crippen molar-refractivity contribution < 1.29 is 39.9 Å². The second-order valence-electron chi connectivity index (χ2n) is 7.91. The van der Waals surface area contributed by atoms with E-state index in [1.54, 1.807) is 18.2 Å². The fourth-order valence-corrected chi connectivity index (χ4v) is 6.83. The third-order valence-electron chi connectivity index (χ3n) is 5.71. The molecule has 2 unspecified atom stereocenters. The Bertz CT molecular complexity index is 1470. The summed E-state index contributed by atoms with van der Waals surface area (Å²) < 4.78 is 101. The zero-order valence-electron chi connectivity index (χ0n) is 18.2. The first-order valence-electron chi connectivity index (χ1n) is 10.2. The van der Waals surface area contributed by atoms with Crippen molar-refractivity contribution in [2.45, 2.75) is 39.4 Å². The van der Waals surface area contributed by atoms with Gasteiger partial charge in [-0.2, -0.15) is 13.2 Å². The molecule has 1 aliphatic carbocycles. The summed E-state index contributed by atoms with van der Waals surface area (Å²) in [7, 11) is -7.80. The largest absolute Gasteiger partial charge is 0.497 e. The maximum Gasteiger partial charge on any atom is 0.417 e. The number of halogens is 3. The molecule has 0 radical (unpaired) electrons. The van der Waals surface area contributed by atoms with Crippen molar-refractivity contribution in [2.75, 3.05) is 7.11 Å². The van der Waals surface area contributed by atoms with Crippen LogP contribution in [0.15, 0.2) is 81.4 Å². The van der Waals surface area contributed by atoms with Gasteiger partial charge in [-0.25, -0.2) is 21.6 Å². The summed E-state index contributed by atoms with van der Waals surface area (Å²) in [5.74, 6) is 0.421. The molecule has 186 valence electrons. The molecule has 0 aromatic heterocycles. The number of alkyl halides is 3. The number of hydrogen-bond acceptors (Lipinski definition) is 6. The number of fused-ring (bicyclic) bond motifs is 1. The van der Waals surface area contributed by atoms with Gasteiger partial charge in [0.1, 0.15) is 5.75 Å². The Kier molecular flexibility index (Phi) is 6.43. The van der Waals surface area contributed by atoms with Crippen LogP contribution in [0.3, 0.4) is 0 Å². The van der Waals surface area contributed by atoms with Crippen LogP contribution in [0.25, 0.3) is 0 Å². The lowest BCUT2D eigenvalue weighted by molar-refractivity contribution is -0.139. The van der Waals surface area contributed by atoms with Gasteiger partial charge in [-0.3, -0.25) is 0 Å². The average molecular weight is 528 g/mol. The molecule has 0 heterocycles. The Morgan fingerprint density at radius 2 is 1.63 bits per heavy atom. The summed E-state index contributed by atoms with van der Waals surface area (Å²) in [4.78, 5) is -2.06. The molecular weight excluding hydrogens is 507 g/mol. The van der Waals surface area contributed by atoms with Gasteiger partial charge in [0.2, 0.25) is 19.9 Å². The Balaban J connectivity index is 1.75. The topological polar surface area (TPSA) is 110 Å². The van der Waals surface area contributed by atoms with E-state index in [9.17, 15) is 35.1 Å². The van der Waals surface area contributed by atoms with Gasteiger partial charge in [0.15, 0.2) is 0 Å². The molecule has 2 atom stereocenters. The molecular formula is C23H20F3NO6S2. The van der Waals surface area contributed by atoms with E-state index in [1.165, 1.54) is 37.4 Å². The van der Waals surface area contributed by atoms with Crippen LogP contribution in [0, 0.1) is 0 Å². The van der Waals surface area contributed by atoms with E-state index in [4.69, 9.17) is 4.74 Å². The highest BCUT2D eigenvalue weighted by atomic mass is 32.2. The molecule has 0 saturated heterocycles. The molecule has 1 aliphatic rings. The SMILES string of the molecule is COc1ccc2c(c1)C(O)C(NS(=O)(=O)c1cc(S(=O)(=O)c3ccccc3)ccc1C(F)(F)F)C2. The van der Waals surface area contributed by atoms with Gasteiger partial charge in [-0.15, -0.1) is 0 Å². The van der Waals surface area contributed by atoms with Gasteiger partial charge < -0.3 is 9.84 Å². The van der Waals surface area contributed by atoms with E-state index < -0.39 is 53.5 Å². The average Bonchev–Trinajstić information content (AvgIpc) is 3.12. The molecule has 0 bridgehead atoms. The van der Waals surface area contributed by atoms with Crippen molar-refractivity contribution in [2.24, 2.45) is 0 Å². The smallest absolute Gasteiger partial charge is 0.417 e. The summed E-state index contributed by atoms with van der Waals surface area (Å²) in [6, 6.07) is 12.2. The second kappa shape index (κ2) is 8.94. The van der Waals surface area contributed by atoms with E-state index in [-0.39, 0.29) is 11.3 Å². The maximum absolute atomic E-state index is 13.7. The number of rotatable bonds is 6. The van der Waals surface area contributed by atoms with Crippen LogP contribution in [0.1, 0.15) is 22.8 Å². The van der Waals surface area contributed by atoms with E-state index >= 15 is 0 Å². The van der Waals surface area contributed by atoms with E-state index in [1.807, 2.05) is 0 Å². The standard InChI is InChI=1S/C23H20F3NO6S2/c1-33-15-8-7-14-11-20(22(28)18(14)12-15)27-35(31,32)21-13-17(9-10-19(21)23(24,25)26)34(29,30)16-5-3-2-4-6-16/h2-10,12-13,20,22,27-28H,11H2,1H3. The summed E-state index contributed by atoms with van der Waals surface area (Å²) in [6.07, 6.45) is -6.41. The molecule has 0 saturated carbocycles. The highest BCUT2D eigenvalue weighted by molar-refractivity contribution is 7.91. The van der Waals surface area contributed by atoms with E-state index in [0.717, 1.165) is 6.07 Å². The molecule has 0 spiro atoms. The highest BCUT2D eigenvalue weighted by Gasteiger charge is 2.41. The molecule has 0 amide bonds. The van der Waals surface area contributed by atoms with E-state index in [0.29, 0.717) is 29.0 Å². The molecule has 0 aliphatic heterocycles. The fraction of sp³-hybridized carbons (Fsp3) is 0.217. The third kappa shape index (κ3) is 4.79. The zero-order chi connectivity index (χ0) is 25.6. The Morgan fingerprint density at radius 1 is 0.943 bits per heavy atom. The van der Waals surface area contributed by atoms with Crippen molar-refractivity contribution in [3.05, 3.63) is 83.4 Å². The Labute approximate surface area is 200 Å². The van der Waals surface area contributed by atoms with Crippen LogP contribution >= 0.6 is 0 Å². The lowest BCUT2D eigenvalue weighted by Crippen LogP contribution is -2.38. The van der Waals surface area contributed by atoms with Crippen LogP contribution in [-0.2, 0) is 32.5 Å². The number of benzene rings is 3. The maximum atomic E-state index is 13.7. The molecule has 3 aromatic rings. The number of sulfonamides is 1.